The van der Waals surface area contributed by atoms with Gasteiger partial charge >= 0.3 is 0 Å². The average Bonchev–Trinajstić information content (AvgIpc) is 3.07. The molecule has 0 aliphatic heterocycles. The van der Waals surface area contributed by atoms with E-state index in [0.717, 1.165) is 6.16 Å². The van der Waals surface area contributed by atoms with Gasteiger partial charge < -0.3 is 0 Å². The van der Waals surface area contributed by atoms with Gasteiger partial charge in [-0.2, -0.15) is 0 Å². The van der Waals surface area contributed by atoms with Gasteiger partial charge in [-0.25, -0.2) is 0 Å². The zero-order chi connectivity index (χ0) is 28.0. The van der Waals surface area contributed by atoms with Gasteiger partial charge in [0.15, 0.2) is 0 Å². The zero-order valence-electron chi connectivity index (χ0n) is 23.1. The molecule has 0 aliphatic carbocycles. The Morgan fingerprint density at radius 2 is 0.561 bits per heavy atom. The molecule has 0 bridgehead atoms. The standard InChI is InChI=1S/C39H34P2/c1-33(41(37-26-14-5-15-27-37,38-28-16-6-17-29-38)39-30-18-7-19-31-39)32-40(34-20-8-2-9-21-34,35-22-10-3-11-23-35)36-24-12-4-13-25-36/h2-31H,1,32H2/q+2. The number of hydrogen-bond donors (Lipinski definition) is 0. The van der Waals surface area contributed by atoms with Crippen molar-refractivity contribution in [3.63, 3.8) is 0 Å². The Morgan fingerprint density at radius 3 is 0.805 bits per heavy atom. The Morgan fingerprint density at radius 1 is 0.341 bits per heavy atom. The fourth-order valence-corrected chi connectivity index (χ4v) is 15.5. The summed E-state index contributed by atoms with van der Waals surface area (Å²) < 4.78 is 0. The van der Waals surface area contributed by atoms with Crippen LogP contribution in [0.3, 0.4) is 0 Å². The lowest BCUT2D eigenvalue weighted by molar-refractivity contribution is 1.61. The van der Waals surface area contributed by atoms with E-state index in [-0.39, 0.29) is 0 Å². The third-order valence-corrected chi connectivity index (χ3v) is 16.9. The van der Waals surface area contributed by atoms with E-state index in [1.54, 1.807) is 0 Å². The third kappa shape index (κ3) is 5.00. The maximum atomic E-state index is 5.09. The molecule has 6 aromatic rings. The summed E-state index contributed by atoms with van der Waals surface area (Å²) >= 11 is 0. The zero-order valence-corrected chi connectivity index (χ0v) is 24.9. The second-order valence-corrected chi connectivity index (χ2v) is 17.2. The fraction of sp³-hybridized carbons (Fsp3) is 0.0256. The summed E-state index contributed by atoms with van der Waals surface area (Å²) in [6, 6.07) is 66.8. The molecule has 6 aromatic carbocycles. The number of rotatable bonds is 9. The van der Waals surface area contributed by atoms with Gasteiger partial charge in [0.25, 0.3) is 0 Å². The van der Waals surface area contributed by atoms with Crippen LogP contribution in [0, 0.1) is 0 Å². The van der Waals surface area contributed by atoms with Crippen LogP contribution >= 0.6 is 14.5 Å². The van der Waals surface area contributed by atoms with Crippen molar-refractivity contribution in [3.8, 4) is 0 Å². The summed E-state index contributed by atoms with van der Waals surface area (Å²) in [7, 11) is -4.41. The first-order valence-electron chi connectivity index (χ1n) is 14.1. The summed E-state index contributed by atoms with van der Waals surface area (Å²) in [5.74, 6) is 0. The van der Waals surface area contributed by atoms with Gasteiger partial charge in [-0.05, 0) is 72.8 Å². The minimum atomic E-state index is -2.27. The molecule has 0 amide bonds. The highest BCUT2D eigenvalue weighted by Crippen LogP contribution is 2.68. The highest BCUT2D eigenvalue weighted by atomic mass is 31.2. The molecule has 0 radical (unpaired) electrons. The van der Waals surface area contributed by atoms with Crippen LogP contribution in [-0.2, 0) is 0 Å². The average molecular weight is 565 g/mol. The van der Waals surface area contributed by atoms with Crippen LogP contribution in [0.2, 0.25) is 0 Å². The minimum Gasteiger partial charge on any atom is -0.0620 e. The van der Waals surface area contributed by atoms with E-state index in [0.29, 0.717) is 0 Å². The summed E-state index contributed by atoms with van der Waals surface area (Å²) in [5.41, 5.74) is 0. The summed E-state index contributed by atoms with van der Waals surface area (Å²) in [4.78, 5) is 0. The van der Waals surface area contributed by atoms with E-state index < -0.39 is 14.5 Å². The number of allylic oxidation sites excluding steroid dienone is 1. The van der Waals surface area contributed by atoms with Crippen molar-refractivity contribution in [2.45, 2.75) is 0 Å². The monoisotopic (exact) mass is 564 g/mol. The second kappa shape index (κ2) is 12.2. The summed E-state index contributed by atoms with van der Waals surface area (Å²) in [6.07, 6.45) is 0.873. The largest absolute Gasteiger partial charge is 0.143 e. The maximum absolute atomic E-state index is 5.09. The molecule has 0 fully saturated rings. The molecule has 0 spiro atoms. The van der Waals surface area contributed by atoms with Crippen molar-refractivity contribution in [3.05, 3.63) is 194 Å². The first-order chi connectivity index (χ1) is 20.3. The van der Waals surface area contributed by atoms with E-state index in [1.807, 2.05) is 0 Å². The molecule has 6 rings (SSSR count). The van der Waals surface area contributed by atoms with E-state index in [2.05, 4.69) is 182 Å². The van der Waals surface area contributed by atoms with Crippen molar-refractivity contribution in [2.75, 3.05) is 6.16 Å². The fourth-order valence-electron chi connectivity index (χ4n) is 6.10. The maximum Gasteiger partial charge on any atom is 0.143 e. The second-order valence-electron chi connectivity index (χ2n) is 10.2. The highest BCUT2D eigenvalue weighted by molar-refractivity contribution is 8.01. The Kier molecular flexibility index (Phi) is 8.07. The molecular formula is C39H34P2+2. The molecule has 0 aromatic heterocycles. The Hall–Kier alpha value is -4.08. The minimum absolute atomic E-state index is 0.873. The third-order valence-electron chi connectivity index (χ3n) is 7.92. The molecular weight excluding hydrogens is 530 g/mol. The van der Waals surface area contributed by atoms with Crippen LogP contribution in [-0.4, -0.2) is 6.16 Å². The molecule has 0 nitrogen and oxygen atoms in total. The molecule has 0 atom stereocenters. The van der Waals surface area contributed by atoms with Crippen molar-refractivity contribution in [1.29, 1.82) is 0 Å². The van der Waals surface area contributed by atoms with Gasteiger partial charge in [0.2, 0.25) is 0 Å². The molecule has 0 saturated carbocycles. The van der Waals surface area contributed by atoms with Crippen molar-refractivity contribution in [1.82, 2.24) is 0 Å². The topological polar surface area (TPSA) is 0 Å². The normalized spacial score (nSPS) is 11.6. The van der Waals surface area contributed by atoms with Gasteiger partial charge in [0, 0.05) is 0 Å². The smallest absolute Gasteiger partial charge is 0.0620 e. The predicted molar refractivity (Wildman–Crippen MR) is 184 cm³/mol. The Balaban J connectivity index is 1.67. The van der Waals surface area contributed by atoms with Gasteiger partial charge in [-0.3, -0.25) is 0 Å². The quantitative estimate of drug-likeness (QED) is 0.160. The molecule has 0 heterocycles. The molecule has 0 saturated heterocycles. The molecule has 198 valence electrons. The van der Waals surface area contributed by atoms with E-state index in [1.165, 1.54) is 37.1 Å². The number of hydrogen-bond acceptors (Lipinski definition) is 0. The summed E-state index contributed by atoms with van der Waals surface area (Å²) in [5, 5.41) is 9.47. The first-order valence-corrected chi connectivity index (χ1v) is 17.8. The van der Waals surface area contributed by atoms with Crippen LogP contribution < -0.4 is 31.8 Å². The first kappa shape index (κ1) is 27.1. The van der Waals surface area contributed by atoms with Gasteiger partial charge in [-0.1, -0.05) is 116 Å². The van der Waals surface area contributed by atoms with Crippen LogP contribution in [0.25, 0.3) is 0 Å². The summed E-state index contributed by atoms with van der Waals surface area (Å²) in [6.45, 7) is 5.09. The van der Waals surface area contributed by atoms with Crippen LogP contribution in [0.5, 0.6) is 0 Å². The number of benzene rings is 6. The molecule has 0 unspecified atom stereocenters. The molecule has 2 heteroatoms. The highest BCUT2D eigenvalue weighted by Gasteiger charge is 2.55. The lowest BCUT2D eigenvalue weighted by Gasteiger charge is -2.33. The van der Waals surface area contributed by atoms with Crippen LogP contribution in [0.15, 0.2) is 194 Å². The predicted octanol–water partition coefficient (Wildman–Crippen LogP) is 7.49. The van der Waals surface area contributed by atoms with Crippen LogP contribution in [0.1, 0.15) is 0 Å². The van der Waals surface area contributed by atoms with Crippen molar-refractivity contribution < 1.29 is 0 Å². The SMILES string of the molecule is C=C(C[P+](c1ccccc1)(c1ccccc1)c1ccccc1)[P+](c1ccccc1)(c1ccccc1)c1ccccc1. The van der Waals surface area contributed by atoms with E-state index in [4.69, 9.17) is 6.58 Å². The van der Waals surface area contributed by atoms with E-state index in [9.17, 15) is 0 Å². The molecule has 41 heavy (non-hydrogen) atoms. The Labute approximate surface area is 245 Å². The lowest BCUT2D eigenvalue weighted by Crippen LogP contribution is -2.38. The van der Waals surface area contributed by atoms with Gasteiger partial charge in [-0.15, -0.1) is 0 Å². The molecule has 0 N–H and O–H groups in total. The lowest BCUT2D eigenvalue weighted by atomic mass is 10.3. The van der Waals surface area contributed by atoms with Crippen LogP contribution in [0.4, 0.5) is 0 Å². The van der Waals surface area contributed by atoms with Crippen molar-refractivity contribution >= 4 is 46.4 Å². The van der Waals surface area contributed by atoms with Gasteiger partial charge in [0.1, 0.15) is 57.8 Å². The van der Waals surface area contributed by atoms with Crippen molar-refractivity contribution in [2.24, 2.45) is 0 Å². The molecule has 0 aliphatic rings. The van der Waals surface area contributed by atoms with E-state index >= 15 is 0 Å². The van der Waals surface area contributed by atoms with Gasteiger partial charge in [0.05, 0.1) is 0 Å². The Bertz CT molecular complexity index is 1490.